The highest BCUT2D eigenvalue weighted by atomic mass is 19.4. The summed E-state index contributed by atoms with van der Waals surface area (Å²) in [4.78, 5) is 24.1. The van der Waals surface area contributed by atoms with Gasteiger partial charge in [0.1, 0.15) is 5.75 Å². The second-order valence-electron chi connectivity index (χ2n) is 9.42. The highest BCUT2D eigenvalue weighted by Crippen LogP contribution is 2.41. The third-order valence-corrected chi connectivity index (χ3v) is 6.92. The maximum absolute atomic E-state index is 14.0. The number of hydrogen-bond donors (Lipinski definition) is 0. The van der Waals surface area contributed by atoms with E-state index in [0.29, 0.717) is 46.7 Å². The summed E-state index contributed by atoms with van der Waals surface area (Å²) in [6.07, 6.45) is 5.40. The number of hydrogen-bond acceptors (Lipinski definition) is 5. The molecule has 39 heavy (non-hydrogen) atoms. The number of carbonyl (C=O) groups is 1. The van der Waals surface area contributed by atoms with Crippen LogP contribution < -0.4 is 9.64 Å². The van der Waals surface area contributed by atoms with Crippen LogP contribution in [0, 0.1) is 0 Å². The first-order valence-electron chi connectivity index (χ1n) is 12.2. The monoisotopic (exact) mass is 532 g/mol. The van der Waals surface area contributed by atoms with Gasteiger partial charge in [-0.15, -0.1) is 0 Å². The minimum absolute atomic E-state index is 0.0495. The molecule has 2 aromatic carbocycles. The van der Waals surface area contributed by atoms with E-state index in [1.807, 2.05) is 18.2 Å². The van der Waals surface area contributed by atoms with E-state index in [0.717, 1.165) is 15.5 Å². The molecule has 8 nitrogen and oxygen atoms in total. The van der Waals surface area contributed by atoms with Crippen molar-refractivity contribution in [3.63, 3.8) is 0 Å². The van der Waals surface area contributed by atoms with Gasteiger partial charge in [-0.3, -0.25) is 14.5 Å². The van der Waals surface area contributed by atoms with Crippen molar-refractivity contribution in [3.8, 4) is 16.9 Å². The molecule has 0 N–H and O–H groups in total. The lowest BCUT2D eigenvalue weighted by molar-refractivity contribution is -0.140. The molecule has 0 unspecified atom stereocenters. The summed E-state index contributed by atoms with van der Waals surface area (Å²) in [6.45, 7) is 0.613. The zero-order valence-electron chi connectivity index (χ0n) is 21.1. The number of amides is 1. The van der Waals surface area contributed by atoms with Gasteiger partial charge in [0.25, 0.3) is 5.91 Å². The molecule has 0 atom stereocenters. The lowest BCUT2D eigenvalue weighted by Crippen LogP contribution is -2.38. The van der Waals surface area contributed by atoms with Gasteiger partial charge < -0.3 is 14.2 Å². The average Bonchev–Trinajstić information content (AvgIpc) is 3.58. The third-order valence-electron chi connectivity index (χ3n) is 6.92. The number of aromatic nitrogens is 5. The van der Waals surface area contributed by atoms with Gasteiger partial charge in [-0.1, -0.05) is 0 Å². The van der Waals surface area contributed by atoms with Crippen LogP contribution in [0.15, 0.2) is 67.6 Å². The number of alkyl halides is 3. The third kappa shape index (κ3) is 4.39. The largest absolute Gasteiger partial charge is 0.497 e. The van der Waals surface area contributed by atoms with Crippen molar-refractivity contribution < 1.29 is 22.7 Å². The summed E-state index contributed by atoms with van der Waals surface area (Å²) in [5, 5.41) is 5.34. The molecule has 1 amide bonds. The summed E-state index contributed by atoms with van der Waals surface area (Å²) in [5.41, 5.74) is 1.53. The number of nitrogens with zero attached hydrogens (tertiary/aromatic N) is 6. The predicted molar refractivity (Wildman–Crippen MR) is 139 cm³/mol. The number of pyridine rings is 1. The number of ether oxygens (including phenoxy) is 1. The molecule has 1 aliphatic rings. The van der Waals surface area contributed by atoms with Crippen molar-refractivity contribution in [2.75, 3.05) is 18.6 Å². The molecule has 0 fully saturated rings. The molecule has 6 rings (SSSR count). The highest BCUT2D eigenvalue weighted by Gasteiger charge is 2.39. The van der Waals surface area contributed by atoms with Crippen LogP contribution in [0.1, 0.15) is 27.2 Å². The number of benzene rings is 2. The van der Waals surface area contributed by atoms with Crippen LogP contribution in [0.25, 0.3) is 21.9 Å². The number of rotatable bonds is 5. The Hall–Kier alpha value is -4.67. The van der Waals surface area contributed by atoms with Gasteiger partial charge in [-0.05, 0) is 53.4 Å². The fourth-order valence-electron chi connectivity index (χ4n) is 5.18. The first-order chi connectivity index (χ1) is 18.7. The second-order valence-corrected chi connectivity index (χ2v) is 9.42. The summed E-state index contributed by atoms with van der Waals surface area (Å²) >= 11 is 0. The fourth-order valence-corrected chi connectivity index (χ4v) is 5.18. The molecule has 11 heteroatoms. The van der Waals surface area contributed by atoms with Gasteiger partial charge in [0.2, 0.25) is 0 Å². The van der Waals surface area contributed by atoms with Crippen molar-refractivity contribution in [1.82, 2.24) is 24.3 Å². The van der Waals surface area contributed by atoms with Gasteiger partial charge in [0.15, 0.2) is 5.69 Å². The van der Waals surface area contributed by atoms with Crippen molar-refractivity contribution >= 4 is 22.4 Å². The van der Waals surface area contributed by atoms with E-state index in [1.54, 1.807) is 59.8 Å². The molecule has 0 radical (unpaired) electrons. The maximum atomic E-state index is 14.0. The van der Waals surface area contributed by atoms with Crippen molar-refractivity contribution in [2.45, 2.75) is 19.1 Å². The zero-order valence-corrected chi connectivity index (χ0v) is 21.1. The SMILES string of the molecule is COc1ccc2cncc(N3CCc4c(cc(Cn5ccnc5)cc4-c4cn(C)nc4C(F)(F)F)C3=O)c2c1. The van der Waals surface area contributed by atoms with E-state index >= 15 is 0 Å². The van der Waals surface area contributed by atoms with Crippen LogP contribution in [0.5, 0.6) is 5.75 Å². The molecule has 0 spiro atoms. The lowest BCUT2D eigenvalue weighted by atomic mass is 9.88. The van der Waals surface area contributed by atoms with Gasteiger partial charge >= 0.3 is 6.18 Å². The molecule has 0 saturated heterocycles. The Morgan fingerprint density at radius 1 is 1.05 bits per heavy atom. The van der Waals surface area contributed by atoms with Crippen LogP contribution in [-0.2, 0) is 26.2 Å². The number of methoxy groups -OCH3 is 1. The van der Waals surface area contributed by atoms with Crippen LogP contribution >= 0.6 is 0 Å². The van der Waals surface area contributed by atoms with Crippen molar-refractivity contribution in [2.24, 2.45) is 7.05 Å². The predicted octanol–water partition coefficient (Wildman–Crippen LogP) is 5.11. The quantitative estimate of drug-likeness (QED) is 0.314. The summed E-state index contributed by atoms with van der Waals surface area (Å²) in [6, 6.07) is 9.02. The summed E-state index contributed by atoms with van der Waals surface area (Å²) in [7, 11) is 3.02. The second kappa shape index (κ2) is 9.26. The van der Waals surface area contributed by atoms with Crippen LogP contribution in [-0.4, -0.2) is 43.9 Å². The number of carbonyl (C=O) groups excluding carboxylic acids is 1. The van der Waals surface area contributed by atoms with Crippen molar-refractivity contribution in [1.29, 1.82) is 0 Å². The zero-order chi connectivity index (χ0) is 27.3. The normalized spacial score (nSPS) is 13.7. The lowest BCUT2D eigenvalue weighted by Gasteiger charge is -2.31. The molecule has 0 aliphatic carbocycles. The van der Waals surface area contributed by atoms with Gasteiger partial charge in [0.05, 0.1) is 25.3 Å². The first-order valence-corrected chi connectivity index (χ1v) is 12.2. The molecule has 4 heterocycles. The van der Waals surface area contributed by atoms with E-state index in [2.05, 4.69) is 15.1 Å². The molecule has 1 aliphatic heterocycles. The number of halogens is 3. The minimum atomic E-state index is -4.65. The van der Waals surface area contributed by atoms with Gasteiger partial charge in [-0.25, -0.2) is 4.98 Å². The van der Waals surface area contributed by atoms with Crippen LogP contribution in [0.3, 0.4) is 0 Å². The van der Waals surface area contributed by atoms with Crippen LogP contribution in [0.4, 0.5) is 18.9 Å². The molecule has 3 aromatic heterocycles. The topological polar surface area (TPSA) is 78.1 Å². The molecule has 0 saturated carbocycles. The minimum Gasteiger partial charge on any atom is -0.497 e. The smallest absolute Gasteiger partial charge is 0.435 e. The summed E-state index contributed by atoms with van der Waals surface area (Å²) < 4.78 is 50.3. The van der Waals surface area contributed by atoms with E-state index < -0.39 is 11.9 Å². The Kier molecular flexibility index (Phi) is 5.86. The van der Waals surface area contributed by atoms with E-state index in [1.165, 1.54) is 13.2 Å². The molecule has 0 bridgehead atoms. The maximum Gasteiger partial charge on any atom is 0.435 e. The molecule has 5 aromatic rings. The standard InChI is InChI=1S/C28H23F3N6O2/c1-35-15-24(26(34-35)28(29,30)31)22-9-17(14-36-8-6-32-16-36)10-23-20(22)5-7-37(27(23)38)25-13-33-12-18-3-4-19(39-2)11-21(18)25/h3-4,6,8-13,15-16H,5,7,14H2,1-2H3. The van der Waals surface area contributed by atoms with Crippen LogP contribution in [0.2, 0.25) is 0 Å². The average molecular weight is 533 g/mol. The molecular weight excluding hydrogens is 509 g/mol. The van der Waals surface area contributed by atoms with E-state index in [4.69, 9.17) is 4.74 Å². The number of aryl methyl sites for hydroxylation is 1. The molecular formula is C28H23F3N6O2. The number of fused-ring (bicyclic) bond motifs is 2. The number of anilines is 1. The highest BCUT2D eigenvalue weighted by molar-refractivity contribution is 6.13. The number of imidazole rings is 1. The Labute approximate surface area is 221 Å². The van der Waals surface area contributed by atoms with E-state index in [-0.39, 0.29) is 18.0 Å². The Balaban J connectivity index is 1.52. The fraction of sp³-hybridized carbons (Fsp3) is 0.214. The first kappa shape index (κ1) is 24.7. The van der Waals surface area contributed by atoms with E-state index in [9.17, 15) is 18.0 Å². The van der Waals surface area contributed by atoms with Gasteiger partial charge in [0, 0.05) is 66.8 Å². The summed E-state index contributed by atoms with van der Waals surface area (Å²) in [5.74, 6) is 0.334. The van der Waals surface area contributed by atoms with Gasteiger partial charge in [-0.2, -0.15) is 18.3 Å². The Bertz CT molecular complexity index is 1710. The Morgan fingerprint density at radius 3 is 2.62 bits per heavy atom. The molecule has 198 valence electrons. The van der Waals surface area contributed by atoms with Crippen molar-refractivity contribution in [3.05, 3.63) is 90.0 Å². The Morgan fingerprint density at radius 2 is 1.87 bits per heavy atom.